The van der Waals surface area contributed by atoms with Gasteiger partial charge in [-0.25, -0.2) is 18.6 Å². The second-order valence-corrected chi connectivity index (χ2v) is 8.98. The fourth-order valence-corrected chi connectivity index (χ4v) is 5.18. The minimum atomic E-state index is -2.60. The van der Waals surface area contributed by atoms with Gasteiger partial charge in [-0.15, -0.1) is 0 Å². The molecule has 182 valence electrons. The van der Waals surface area contributed by atoms with Gasteiger partial charge < -0.3 is 9.30 Å². The molecule has 1 atom stereocenters. The van der Waals surface area contributed by atoms with Crippen molar-refractivity contribution in [3.63, 3.8) is 0 Å². The van der Waals surface area contributed by atoms with Crippen molar-refractivity contribution < 1.29 is 13.6 Å². The molecule has 1 saturated heterocycles. The van der Waals surface area contributed by atoms with Crippen LogP contribution < -0.4 is 5.69 Å². The number of hydrogen-bond acceptors (Lipinski definition) is 3. The van der Waals surface area contributed by atoms with Crippen LogP contribution in [0.1, 0.15) is 12.8 Å². The van der Waals surface area contributed by atoms with Gasteiger partial charge in [0.1, 0.15) is 6.54 Å². The molecule has 7 nitrogen and oxygen atoms in total. The number of pyridine rings is 1. The number of aromatic nitrogens is 4. The van der Waals surface area contributed by atoms with Crippen LogP contribution in [0.5, 0.6) is 0 Å². The smallest absolute Gasteiger partial charge is 0.332 e. The quantitative estimate of drug-likeness (QED) is 0.370. The Hall–Kier alpha value is -4.27. The largest absolute Gasteiger partial charge is 0.334 e. The lowest BCUT2D eigenvalue weighted by molar-refractivity contribution is -0.135. The van der Waals surface area contributed by atoms with Gasteiger partial charge in [0.15, 0.2) is 0 Å². The molecule has 0 radical (unpaired) electrons. The molecule has 4 heterocycles. The molecule has 6 rings (SSSR count). The van der Waals surface area contributed by atoms with E-state index in [4.69, 9.17) is 0 Å². The highest BCUT2D eigenvalue weighted by Crippen LogP contribution is 2.27. The first kappa shape index (κ1) is 22.2. The molecule has 5 aromatic rings. The summed E-state index contributed by atoms with van der Waals surface area (Å²) in [5, 5.41) is 0. The fourth-order valence-electron chi connectivity index (χ4n) is 5.18. The zero-order valence-electron chi connectivity index (χ0n) is 19.3. The van der Waals surface area contributed by atoms with Crippen molar-refractivity contribution in [1.29, 1.82) is 0 Å². The van der Waals surface area contributed by atoms with Gasteiger partial charge in [-0.1, -0.05) is 30.3 Å². The predicted molar refractivity (Wildman–Crippen MR) is 132 cm³/mol. The van der Waals surface area contributed by atoms with Crippen molar-refractivity contribution in [3.05, 3.63) is 89.9 Å². The van der Waals surface area contributed by atoms with Crippen LogP contribution in [-0.4, -0.2) is 48.3 Å². The number of carbonyl (C=O) groups excluding carboxylic acids is 1. The van der Waals surface area contributed by atoms with Crippen molar-refractivity contribution >= 4 is 22.5 Å². The van der Waals surface area contributed by atoms with Crippen LogP contribution in [-0.2, 0) is 11.3 Å². The second-order valence-electron chi connectivity index (χ2n) is 8.98. The third-order valence-electron chi connectivity index (χ3n) is 6.93. The summed E-state index contributed by atoms with van der Waals surface area (Å²) in [6.07, 6.45) is 3.70. The number of rotatable bonds is 5. The molecular weight excluding hydrogens is 464 g/mol. The molecule has 36 heavy (non-hydrogen) atoms. The highest BCUT2D eigenvalue weighted by Gasteiger charge is 2.35. The van der Waals surface area contributed by atoms with Crippen molar-refractivity contribution in [3.8, 4) is 16.8 Å². The molecule has 1 unspecified atom stereocenters. The van der Waals surface area contributed by atoms with Gasteiger partial charge in [0.05, 0.1) is 40.8 Å². The van der Waals surface area contributed by atoms with Gasteiger partial charge in [-0.05, 0) is 48.7 Å². The van der Waals surface area contributed by atoms with E-state index in [9.17, 15) is 18.4 Å². The van der Waals surface area contributed by atoms with Crippen molar-refractivity contribution in [2.75, 3.05) is 6.54 Å². The van der Waals surface area contributed by atoms with Gasteiger partial charge in [0.2, 0.25) is 5.91 Å². The number of imidazole rings is 2. The van der Waals surface area contributed by atoms with Crippen LogP contribution in [0.3, 0.4) is 0 Å². The molecule has 1 amide bonds. The van der Waals surface area contributed by atoms with Crippen LogP contribution in [0, 0.1) is 0 Å². The van der Waals surface area contributed by atoms with Gasteiger partial charge in [0.25, 0.3) is 6.43 Å². The Labute approximate surface area is 204 Å². The number of halogens is 2. The van der Waals surface area contributed by atoms with E-state index in [0.717, 1.165) is 16.6 Å². The lowest BCUT2D eigenvalue weighted by atomic mass is 10.1. The Bertz CT molecular complexity index is 1630. The summed E-state index contributed by atoms with van der Waals surface area (Å²) >= 11 is 0. The van der Waals surface area contributed by atoms with E-state index >= 15 is 0 Å². The summed E-state index contributed by atoms with van der Waals surface area (Å²) in [4.78, 5) is 31.9. The van der Waals surface area contributed by atoms with Gasteiger partial charge >= 0.3 is 5.69 Å². The van der Waals surface area contributed by atoms with E-state index in [-0.39, 0.29) is 25.2 Å². The number of alkyl halides is 2. The molecule has 0 spiro atoms. The Kier molecular flexibility index (Phi) is 5.40. The Morgan fingerprint density at radius 1 is 1.00 bits per heavy atom. The third-order valence-corrected chi connectivity index (χ3v) is 6.93. The van der Waals surface area contributed by atoms with Gasteiger partial charge in [-0.2, -0.15) is 0 Å². The Morgan fingerprint density at radius 3 is 2.56 bits per heavy atom. The summed E-state index contributed by atoms with van der Waals surface area (Å²) in [5.41, 5.74) is 4.46. The minimum absolute atomic E-state index is 0.277. The molecule has 1 aliphatic heterocycles. The molecule has 0 N–H and O–H groups in total. The van der Waals surface area contributed by atoms with Crippen LogP contribution in [0.2, 0.25) is 0 Å². The molecular formula is C27H23F2N5O2. The molecule has 0 bridgehead atoms. The van der Waals surface area contributed by atoms with E-state index in [2.05, 4.69) is 4.98 Å². The lowest BCUT2D eigenvalue weighted by Crippen LogP contribution is -2.42. The summed E-state index contributed by atoms with van der Waals surface area (Å²) in [7, 11) is 0. The van der Waals surface area contributed by atoms with Gasteiger partial charge in [-0.3, -0.25) is 13.9 Å². The molecule has 3 aromatic heterocycles. The SMILES string of the molecule is O=C(Cn1c(=O)n(-c2ccc(-c3cccn4cncc34)cc2)c2ccccc21)N1CCCC1C(F)F. The van der Waals surface area contributed by atoms with Crippen molar-refractivity contribution in [2.24, 2.45) is 0 Å². The molecule has 1 aliphatic rings. The molecule has 0 aliphatic carbocycles. The average molecular weight is 488 g/mol. The van der Waals surface area contributed by atoms with Crippen LogP contribution in [0.15, 0.2) is 84.2 Å². The topological polar surface area (TPSA) is 64.5 Å². The van der Waals surface area contributed by atoms with E-state index in [1.54, 1.807) is 29.2 Å². The Balaban J connectivity index is 1.38. The number of carbonyl (C=O) groups is 1. The maximum atomic E-state index is 13.5. The number of likely N-dealkylation sites (tertiary alicyclic amines) is 1. The van der Waals surface area contributed by atoms with Crippen LogP contribution in [0.25, 0.3) is 33.4 Å². The summed E-state index contributed by atoms with van der Waals surface area (Å²) in [6.45, 7) is 0.00347. The zero-order valence-corrected chi connectivity index (χ0v) is 19.3. The minimum Gasteiger partial charge on any atom is -0.332 e. The molecule has 1 fully saturated rings. The first-order valence-electron chi connectivity index (χ1n) is 11.8. The molecule has 2 aromatic carbocycles. The molecule has 9 heteroatoms. The predicted octanol–water partition coefficient (Wildman–Crippen LogP) is 4.36. The number of nitrogens with zero attached hydrogens (tertiary/aromatic N) is 5. The molecule has 0 saturated carbocycles. The third kappa shape index (κ3) is 3.59. The average Bonchev–Trinajstić information content (AvgIpc) is 3.63. The lowest BCUT2D eigenvalue weighted by Gasteiger charge is -2.24. The van der Waals surface area contributed by atoms with E-state index in [1.165, 1.54) is 9.47 Å². The van der Waals surface area contributed by atoms with E-state index in [0.29, 0.717) is 23.1 Å². The van der Waals surface area contributed by atoms with Crippen molar-refractivity contribution in [1.82, 2.24) is 23.4 Å². The summed E-state index contributed by atoms with van der Waals surface area (Å²) in [6, 6.07) is 17.7. The monoisotopic (exact) mass is 487 g/mol. The van der Waals surface area contributed by atoms with E-state index < -0.39 is 18.4 Å². The summed E-state index contributed by atoms with van der Waals surface area (Å²) in [5.74, 6) is -0.466. The first-order valence-corrected chi connectivity index (χ1v) is 11.8. The number of fused-ring (bicyclic) bond motifs is 2. The van der Waals surface area contributed by atoms with Crippen molar-refractivity contribution in [2.45, 2.75) is 31.9 Å². The van der Waals surface area contributed by atoms with Crippen LogP contribution in [0.4, 0.5) is 8.78 Å². The second kappa shape index (κ2) is 8.75. The standard InChI is InChI=1S/C27H23F2N5O2/c28-26(29)23-8-4-14-32(23)25(35)16-33-21-6-1-2-7-22(21)34(27(33)36)19-11-9-18(10-12-19)20-5-3-13-31-17-30-15-24(20)31/h1-3,5-7,9-13,15,17,23,26H,4,8,14,16H2. The number of amides is 1. The number of para-hydroxylation sites is 2. The number of benzene rings is 2. The number of hydrogen-bond donors (Lipinski definition) is 0. The maximum Gasteiger partial charge on any atom is 0.334 e. The van der Waals surface area contributed by atoms with Crippen LogP contribution >= 0.6 is 0 Å². The van der Waals surface area contributed by atoms with Gasteiger partial charge in [0, 0.05) is 18.3 Å². The highest BCUT2D eigenvalue weighted by molar-refractivity contribution is 5.83. The first-order chi connectivity index (χ1) is 17.5. The summed E-state index contributed by atoms with van der Waals surface area (Å²) < 4.78 is 31.7. The van der Waals surface area contributed by atoms with E-state index in [1.807, 2.05) is 59.1 Å². The normalized spacial score (nSPS) is 16.0. The zero-order chi connectivity index (χ0) is 24.8. The maximum absolute atomic E-state index is 13.5. The Morgan fingerprint density at radius 2 is 1.78 bits per heavy atom. The fraction of sp³-hybridized carbons (Fsp3) is 0.222. The highest BCUT2D eigenvalue weighted by atomic mass is 19.3.